The van der Waals surface area contributed by atoms with Crippen LogP contribution in [0.4, 0.5) is 11.6 Å². The van der Waals surface area contributed by atoms with E-state index < -0.39 is 0 Å². The van der Waals surface area contributed by atoms with Gasteiger partial charge >= 0.3 is 0 Å². The maximum absolute atomic E-state index is 5.68. The summed E-state index contributed by atoms with van der Waals surface area (Å²) in [7, 11) is 0. The average Bonchev–Trinajstić information content (AvgIpc) is 2.72. The SMILES string of the molecule is CCOCCNc1nc(N)cn2ccnc12. The third kappa shape index (κ3) is 2.22. The number of hydrogen-bond donors (Lipinski definition) is 2. The highest BCUT2D eigenvalue weighted by atomic mass is 16.5. The van der Waals surface area contributed by atoms with E-state index in [-0.39, 0.29) is 0 Å². The smallest absolute Gasteiger partial charge is 0.180 e. The standard InChI is InChI=1S/C10H15N5O/c1-2-16-6-4-12-9-10-13-3-5-15(10)7-8(11)14-9/h3,5,7H,2,4,6,11H2,1H3,(H,12,14). The van der Waals surface area contributed by atoms with Crippen LogP contribution in [0.25, 0.3) is 5.65 Å². The van der Waals surface area contributed by atoms with Crippen molar-refractivity contribution in [1.29, 1.82) is 0 Å². The highest BCUT2D eigenvalue weighted by Crippen LogP contribution is 2.13. The van der Waals surface area contributed by atoms with Gasteiger partial charge in [-0.3, -0.25) is 0 Å². The molecule has 0 aromatic carbocycles. The van der Waals surface area contributed by atoms with Crippen molar-refractivity contribution >= 4 is 17.3 Å². The van der Waals surface area contributed by atoms with Crippen LogP contribution < -0.4 is 11.1 Å². The number of imidazole rings is 1. The summed E-state index contributed by atoms with van der Waals surface area (Å²) in [6.07, 6.45) is 5.28. The fourth-order valence-electron chi connectivity index (χ4n) is 1.46. The first-order valence-electron chi connectivity index (χ1n) is 5.22. The Morgan fingerprint density at radius 1 is 1.56 bits per heavy atom. The molecular weight excluding hydrogens is 206 g/mol. The van der Waals surface area contributed by atoms with E-state index in [0.29, 0.717) is 31.4 Å². The van der Waals surface area contributed by atoms with E-state index in [1.165, 1.54) is 0 Å². The summed E-state index contributed by atoms with van der Waals surface area (Å²) in [5.41, 5.74) is 6.45. The largest absolute Gasteiger partial charge is 0.382 e. The lowest BCUT2D eigenvalue weighted by Gasteiger charge is -2.07. The fraction of sp³-hybridized carbons (Fsp3) is 0.400. The van der Waals surface area contributed by atoms with Gasteiger partial charge in [-0.2, -0.15) is 0 Å². The number of hydrogen-bond acceptors (Lipinski definition) is 5. The summed E-state index contributed by atoms with van der Waals surface area (Å²) >= 11 is 0. The predicted molar refractivity (Wildman–Crippen MR) is 62.4 cm³/mol. The summed E-state index contributed by atoms with van der Waals surface area (Å²) in [5.74, 6) is 1.15. The van der Waals surface area contributed by atoms with Crippen molar-refractivity contribution in [3.05, 3.63) is 18.6 Å². The summed E-state index contributed by atoms with van der Waals surface area (Å²) < 4.78 is 7.07. The van der Waals surface area contributed by atoms with E-state index in [1.807, 2.05) is 17.5 Å². The zero-order valence-electron chi connectivity index (χ0n) is 9.18. The van der Waals surface area contributed by atoms with Gasteiger partial charge in [-0.25, -0.2) is 9.97 Å². The van der Waals surface area contributed by atoms with Gasteiger partial charge in [0.2, 0.25) is 0 Å². The summed E-state index contributed by atoms with van der Waals surface area (Å²) in [6.45, 7) is 4.00. The molecule has 0 radical (unpaired) electrons. The van der Waals surface area contributed by atoms with Crippen LogP contribution in [-0.4, -0.2) is 34.1 Å². The summed E-state index contributed by atoms with van der Waals surface area (Å²) in [4.78, 5) is 8.40. The van der Waals surface area contributed by atoms with Crippen LogP contribution in [0.15, 0.2) is 18.6 Å². The number of fused-ring (bicyclic) bond motifs is 1. The van der Waals surface area contributed by atoms with Crippen LogP contribution in [0, 0.1) is 0 Å². The first-order valence-corrected chi connectivity index (χ1v) is 5.22. The van der Waals surface area contributed by atoms with Crippen LogP contribution >= 0.6 is 0 Å². The van der Waals surface area contributed by atoms with Gasteiger partial charge in [-0.1, -0.05) is 0 Å². The molecule has 0 amide bonds. The van der Waals surface area contributed by atoms with E-state index in [9.17, 15) is 0 Å². The van der Waals surface area contributed by atoms with E-state index in [2.05, 4.69) is 15.3 Å². The lowest BCUT2D eigenvalue weighted by molar-refractivity contribution is 0.158. The van der Waals surface area contributed by atoms with Crippen molar-refractivity contribution in [2.45, 2.75) is 6.92 Å². The maximum Gasteiger partial charge on any atom is 0.180 e. The Morgan fingerprint density at radius 2 is 2.44 bits per heavy atom. The molecule has 3 N–H and O–H groups in total. The number of rotatable bonds is 5. The Kier molecular flexibility index (Phi) is 3.21. The third-order valence-corrected chi connectivity index (χ3v) is 2.14. The van der Waals surface area contributed by atoms with Crippen LogP contribution in [0.2, 0.25) is 0 Å². The molecule has 6 heteroatoms. The lowest BCUT2D eigenvalue weighted by Crippen LogP contribution is -2.12. The van der Waals surface area contributed by atoms with Gasteiger partial charge in [0.25, 0.3) is 0 Å². The Morgan fingerprint density at radius 3 is 3.25 bits per heavy atom. The zero-order chi connectivity index (χ0) is 11.4. The van der Waals surface area contributed by atoms with Gasteiger partial charge in [-0.05, 0) is 6.92 Å². The molecule has 0 saturated carbocycles. The Balaban J connectivity index is 2.12. The van der Waals surface area contributed by atoms with Crippen LogP contribution in [0.1, 0.15) is 6.92 Å². The van der Waals surface area contributed by atoms with Crippen LogP contribution in [0.5, 0.6) is 0 Å². The number of anilines is 2. The minimum Gasteiger partial charge on any atom is -0.382 e. The van der Waals surface area contributed by atoms with Gasteiger partial charge in [-0.15, -0.1) is 0 Å². The Hall–Kier alpha value is -1.82. The van der Waals surface area contributed by atoms with Crippen molar-refractivity contribution in [3.8, 4) is 0 Å². The topological polar surface area (TPSA) is 77.5 Å². The van der Waals surface area contributed by atoms with Crippen molar-refractivity contribution < 1.29 is 4.74 Å². The summed E-state index contributed by atoms with van der Waals surface area (Å²) in [5, 5.41) is 3.15. The second-order valence-electron chi connectivity index (χ2n) is 3.30. The Bertz CT molecular complexity index is 467. The van der Waals surface area contributed by atoms with Gasteiger partial charge in [0.05, 0.1) is 12.8 Å². The van der Waals surface area contributed by atoms with Gasteiger partial charge < -0.3 is 20.2 Å². The van der Waals surface area contributed by atoms with Gasteiger partial charge in [0.15, 0.2) is 11.5 Å². The fourth-order valence-corrected chi connectivity index (χ4v) is 1.46. The molecule has 0 atom stereocenters. The van der Waals surface area contributed by atoms with Gasteiger partial charge in [0.1, 0.15) is 5.82 Å². The first-order chi connectivity index (χ1) is 7.81. The molecule has 2 rings (SSSR count). The van der Waals surface area contributed by atoms with Crippen LogP contribution in [0.3, 0.4) is 0 Å². The number of aromatic nitrogens is 3. The van der Waals surface area contributed by atoms with E-state index in [4.69, 9.17) is 10.5 Å². The molecule has 0 spiro atoms. The molecule has 0 saturated heterocycles. The maximum atomic E-state index is 5.68. The van der Waals surface area contributed by atoms with E-state index in [0.717, 1.165) is 5.65 Å². The molecule has 0 aliphatic heterocycles. The number of nitrogens with two attached hydrogens (primary N) is 1. The minimum absolute atomic E-state index is 0.462. The lowest BCUT2D eigenvalue weighted by atomic mass is 10.5. The van der Waals surface area contributed by atoms with Gasteiger partial charge in [0, 0.05) is 25.5 Å². The molecule has 0 aliphatic carbocycles. The number of nitrogen functional groups attached to an aromatic ring is 1. The quantitative estimate of drug-likeness (QED) is 0.729. The highest BCUT2D eigenvalue weighted by Gasteiger charge is 2.04. The highest BCUT2D eigenvalue weighted by molar-refractivity contribution is 5.64. The molecule has 2 aromatic rings. The summed E-state index contributed by atoms with van der Waals surface area (Å²) in [6, 6.07) is 0. The van der Waals surface area contributed by atoms with E-state index in [1.54, 1.807) is 12.4 Å². The van der Waals surface area contributed by atoms with Crippen molar-refractivity contribution in [2.24, 2.45) is 0 Å². The van der Waals surface area contributed by atoms with Crippen molar-refractivity contribution in [3.63, 3.8) is 0 Å². The molecule has 2 aromatic heterocycles. The minimum atomic E-state index is 0.462. The van der Waals surface area contributed by atoms with Crippen molar-refractivity contribution in [2.75, 3.05) is 30.8 Å². The second kappa shape index (κ2) is 4.80. The second-order valence-corrected chi connectivity index (χ2v) is 3.30. The predicted octanol–water partition coefficient (Wildman–Crippen LogP) is 0.760. The third-order valence-electron chi connectivity index (χ3n) is 2.14. The van der Waals surface area contributed by atoms with E-state index >= 15 is 0 Å². The first kappa shape index (κ1) is 10.7. The van der Waals surface area contributed by atoms with Crippen molar-refractivity contribution in [1.82, 2.24) is 14.4 Å². The molecule has 0 fully saturated rings. The molecule has 0 unspecified atom stereocenters. The molecule has 0 bridgehead atoms. The Labute approximate surface area is 93.5 Å². The molecule has 86 valence electrons. The zero-order valence-corrected chi connectivity index (χ0v) is 9.18. The average molecular weight is 221 g/mol. The number of nitrogens with one attached hydrogen (secondary N) is 1. The number of ether oxygens (including phenoxy) is 1. The molecule has 2 heterocycles. The molecule has 0 aliphatic rings. The number of nitrogens with zero attached hydrogens (tertiary/aromatic N) is 3. The molecule has 6 nitrogen and oxygen atoms in total. The van der Waals surface area contributed by atoms with Crippen LogP contribution in [-0.2, 0) is 4.74 Å². The molecule has 16 heavy (non-hydrogen) atoms. The molecular formula is C10H15N5O. The normalized spacial score (nSPS) is 10.8. The monoisotopic (exact) mass is 221 g/mol.